The summed E-state index contributed by atoms with van der Waals surface area (Å²) in [6, 6.07) is 6.28. The van der Waals surface area contributed by atoms with Gasteiger partial charge in [-0.15, -0.1) is 10.2 Å². The summed E-state index contributed by atoms with van der Waals surface area (Å²) in [6.07, 6.45) is 2.10. The minimum absolute atomic E-state index is 0.994. The van der Waals surface area contributed by atoms with Crippen LogP contribution in [0.5, 0.6) is 0 Å². The second kappa shape index (κ2) is 6.41. The number of rotatable bonds is 5. The topological polar surface area (TPSA) is 37.8 Å². The molecule has 0 aliphatic heterocycles. The molecule has 2 aromatic rings. The number of benzene rings is 1. The third kappa shape index (κ3) is 3.37. The maximum Gasteiger partial charge on any atom is 0.147 e. The number of hydrogen-bond donors (Lipinski definition) is 1. The minimum Gasteiger partial charge on any atom is -0.320 e. The number of hydrogen-bond acceptors (Lipinski definition) is 4. The average molecular weight is 326 g/mol. The average Bonchev–Trinajstić information content (AvgIpc) is 2.82. The van der Waals surface area contributed by atoms with Gasteiger partial charge < -0.3 is 5.32 Å². The van der Waals surface area contributed by atoms with E-state index in [2.05, 4.69) is 56.6 Å². The van der Waals surface area contributed by atoms with Crippen LogP contribution in [0.3, 0.4) is 0 Å². The predicted molar refractivity (Wildman–Crippen MR) is 80.0 cm³/mol. The van der Waals surface area contributed by atoms with Crippen molar-refractivity contribution in [3.63, 3.8) is 0 Å². The maximum atomic E-state index is 4.27. The zero-order valence-electron chi connectivity index (χ0n) is 10.5. The molecule has 1 heterocycles. The molecule has 2 rings (SSSR count). The summed E-state index contributed by atoms with van der Waals surface area (Å²) >= 11 is 5.20. The van der Waals surface area contributed by atoms with Gasteiger partial charge in [-0.25, -0.2) is 0 Å². The SMILES string of the molecule is CNCCCc1nnc(-c2ccc(Br)c(C)c2)s1. The lowest BCUT2D eigenvalue weighted by molar-refractivity contribution is 0.718. The quantitative estimate of drug-likeness (QED) is 0.856. The standard InChI is InChI=1S/C13H16BrN3S/c1-9-8-10(5-6-11(9)14)13-17-16-12(18-13)4-3-7-15-2/h5-6,8,15H,3-4,7H2,1-2H3. The van der Waals surface area contributed by atoms with E-state index in [0.717, 1.165) is 39.4 Å². The van der Waals surface area contributed by atoms with Gasteiger partial charge in [0.2, 0.25) is 0 Å². The van der Waals surface area contributed by atoms with E-state index >= 15 is 0 Å². The van der Waals surface area contributed by atoms with E-state index in [9.17, 15) is 0 Å². The van der Waals surface area contributed by atoms with Crippen molar-refractivity contribution in [2.45, 2.75) is 19.8 Å². The molecule has 1 aromatic carbocycles. The molecule has 0 amide bonds. The summed E-state index contributed by atoms with van der Waals surface area (Å²) in [6.45, 7) is 3.11. The molecule has 1 aromatic heterocycles. The van der Waals surface area contributed by atoms with Gasteiger partial charge in [0.25, 0.3) is 0 Å². The van der Waals surface area contributed by atoms with Crippen molar-refractivity contribution < 1.29 is 0 Å². The third-order valence-electron chi connectivity index (χ3n) is 2.69. The largest absolute Gasteiger partial charge is 0.320 e. The van der Waals surface area contributed by atoms with Gasteiger partial charge in [-0.2, -0.15) is 0 Å². The summed E-state index contributed by atoms with van der Waals surface area (Å²) < 4.78 is 1.13. The van der Waals surface area contributed by atoms with Gasteiger partial charge in [-0.1, -0.05) is 33.3 Å². The highest BCUT2D eigenvalue weighted by Gasteiger charge is 2.07. The van der Waals surface area contributed by atoms with Crippen LogP contribution in [0, 0.1) is 6.92 Å². The first kappa shape index (κ1) is 13.6. The normalized spacial score (nSPS) is 10.8. The maximum absolute atomic E-state index is 4.27. The van der Waals surface area contributed by atoms with Crippen molar-refractivity contribution in [1.82, 2.24) is 15.5 Å². The van der Waals surface area contributed by atoms with Gasteiger partial charge in [0.15, 0.2) is 0 Å². The van der Waals surface area contributed by atoms with Crippen molar-refractivity contribution >= 4 is 27.3 Å². The van der Waals surface area contributed by atoms with E-state index in [1.54, 1.807) is 11.3 Å². The van der Waals surface area contributed by atoms with E-state index in [1.165, 1.54) is 5.56 Å². The van der Waals surface area contributed by atoms with Gasteiger partial charge >= 0.3 is 0 Å². The fraction of sp³-hybridized carbons (Fsp3) is 0.385. The van der Waals surface area contributed by atoms with Crippen LogP contribution >= 0.6 is 27.3 Å². The number of halogens is 1. The molecular formula is C13H16BrN3S. The second-order valence-corrected chi connectivity index (χ2v) is 6.09. The number of aryl methyl sites for hydroxylation is 2. The van der Waals surface area contributed by atoms with Crippen LogP contribution in [0.1, 0.15) is 17.0 Å². The molecule has 96 valence electrons. The summed E-state index contributed by atoms with van der Waals surface area (Å²) in [5, 5.41) is 13.8. The van der Waals surface area contributed by atoms with Crippen molar-refractivity contribution in [2.24, 2.45) is 0 Å². The second-order valence-electron chi connectivity index (χ2n) is 4.17. The van der Waals surface area contributed by atoms with Crippen LogP contribution in [-0.2, 0) is 6.42 Å². The number of nitrogens with one attached hydrogen (secondary N) is 1. The van der Waals surface area contributed by atoms with Crippen LogP contribution in [0.25, 0.3) is 10.6 Å². The van der Waals surface area contributed by atoms with Crippen LogP contribution in [0.4, 0.5) is 0 Å². The van der Waals surface area contributed by atoms with Crippen molar-refractivity contribution in [3.05, 3.63) is 33.2 Å². The van der Waals surface area contributed by atoms with E-state index in [4.69, 9.17) is 0 Å². The highest BCUT2D eigenvalue weighted by Crippen LogP contribution is 2.27. The van der Waals surface area contributed by atoms with Crippen molar-refractivity contribution in [1.29, 1.82) is 0 Å². The highest BCUT2D eigenvalue weighted by molar-refractivity contribution is 9.10. The number of aromatic nitrogens is 2. The van der Waals surface area contributed by atoms with Crippen LogP contribution < -0.4 is 5.32 Å². The summed E-state index contributed by atoms with van der Waals surface area (Å²) in [7, 11) is 1.97. The summed E-state index contributed by atoms with van der Waals surface area (Å²) in [4.78, 5) is 0. The molecule has 18 heavy (non-hydrogen) atoms. The van der Waals surface area contributed by atoms with E-state index in [-0.39, 0.29) is 0 Å². The Morgan fingerprint density at radius 1 is 1.33 bits per heavy atom. The van der Waals surface area contributed by atoms with Gasteiger partial charge in [-0.05, 0) is 44.6 Å². The fourth-order valence-electron chi connectivity index (χ4n) is 1.67. The molecule has 1 N–H and O–H groups in total. The fourth-order valence-corrected chi connectivity index (χ4v) is 2.79. The first-order valence-electron chi connectivity index (χ1n) is 5.94. The molecule has 0 bridgehead atoms. The van der Waals surface area contributed by atoms with E-state index in [0.29, 0.717) is 0 Å². The molecule has 3 nitrogen and oxygen atoms in total. The third-order valence-corrected chi connectivity index (χ3v) is 4.61. The van der Waals surface area contributed by atoms with E-state index in [1.807, 2.05) is 7.05 Å². The molecule has 0 saturated heterocycles. The smallest absolute Gasteiger partial charge is 0.147 e. The molecule has 5 heteroatoms. The molecule has 0 fully saturated rings. The first-order valence-corrected chi connectivity index (χ1v) is 7.55. The predicted octanol–water partition coefficient (Wildman–Crippen LogP) is 3.43. The lowest BCUT2D eigenvalue weighted by atomic mass is 10.1. The molecule has 0 saturated carbocycles. The molecule has 0 unspecified atom stereocenters. The molecule has 0 atom stereocenters. The number of nitrogens with zero attached hydrogens (tertiary/aromatic N) is 2. The van der Waals surface area contributed by atoms with Crippen LogP contribution in [0.15, 0.2) is 22.7 Å². The lowest BCUT2D eigenvalue weighted by Crippen LogP contribution is -2.08. The Labute approximate surface area is 120 Å². The summed E-state index contributed by atoms with van der Waals surface area (Å²) in [5.74, 6) is 0. The summed E-state index contributed by atoms with van der Waals surface area (Å²) in [5.41, 5.74) is 2.37. The highest BCUT2D eigenvalue weighted by atomic mass is 79.9. The Hall–Kier alpha value is -0.780. The molecule has 0 radical (unpaired) electrons. The Morgan fingerprint density at radius 3 is 2.89 bits per heavy atom. The van der Waals surface area contributed by atoms with Crippen molar-refractivity contribution in [3.8, 4) is 10.6 Å². The van der Waals surface area contributed by atoms with Gasteiger partial charge in [0, 0.05) is 16.5 Å². The zero-order valence-corrected chi connectivity index (χ0v) is 12.9. The van der Waals surface area contributed by atoms with E-state index < -0.39 is 0 Å². The van der Waals surface area contributed by atoms with Crippen LogP contribution in [0.2, 0.25) is 0 Å². The molecule has 0 spiro atoms. The van der Waals surface area contributed by atoms with Gasteiger partial charge in [0.1, 0.15) is 10.0 Å². The zero-order chi connectivity index (χ0) is 13.0. The Kier molecular flexibility index (Phi) is 4.86. The Morgan fingerprint density at radius 2 is 2.17 bits per heavy atom. The first-order chi connectivity index (χ1) is 8.70. The molecular weight excluding hydrogens is 310 g/mol. The Balaban J connectivity index is 2.11. The van der Waals surface area contributed by atoms with Gasteiger partial charge in [0.05, 0.1) is 0 Å². The lowest BCUT2D eigenvalue weighted by Gasteiger charge is -2.00. The van der Waals surface area contributed by atoms with Crippen molar-refractivity contribution in [2.75, 3.05) is 13.6 Å². The minimum atomic E-state index is 0.994. The Bertz CT molecular complexity index is 525. The molecule has 0 aliphatic carbocycles. The van der Waals surface area contributed by atoms with Gasteiger partial charge in [-0.3, -0.25) is 0 Å². The van der Waals surface area contributed by atoms with Crippen LogP contribution in [-0.4, -0.2) is 23.8 Å². The molecule has 0 aliphatic rings. The monoisotopic (exact) mass is 325 g/mol.